The summed E-state index contributed by atoms with van der Waals surface area (Å²) in [5.74, 6) is -0.860. The van der Waals surface area contributed by atoms with Crippen molar-refractivity contribution in [2.24, 2.45) is 5.73 Å². The minimum absolute atomic E-state index is 0.185. The Labute approximate surface area is 209 Å². The zero-order valence-corrected chi connectivity index (χ0v) is 19.5. The molecule has 0 bridgehead atoms. The molecule has 36 heavy (non-hydrogen) atoms. The number of halogens is 1. The molecule has 0 saturated heterocycles. The predicted molar refractivity (Wildman–Crippen MR) is 136 cm³/mol. The molecule has 2 amide bonds. The van der Waals surface area contributed by atoms with E-state index in [1.807, 2.05) is 30.3 Å². The molecule has 2 heterocycles. The summed E-state index contributed by atoms with van der Waals surface area (Å²) in [5.41, 5.74) is 7.31. The lowest BCUT2D eigenvalue weighted by atomic mass is 9.94. The van der Waals surface area contributed by atoms with E-state index in [0.717, 1.165) is 0 Å². The van der Waals surface area contributed by atoms with Crippen molar-refractivity contribution in [3.8, 4) is 11.6 Å². The minimum atomic E-state index is -0.861. The molecule has 0 spiro atoms. The number of oxazole rings is 1. The van der Waals surface area contributed by atoms with E-state index in [9.17, 15) is 14.4 Å². The summed E-state index contributed by atoms with van der Waals surface area (Å²) in [7, 11) is 0. The second-order valence-electron chi connectivity index (χ2n) is 8.03. The third-order valence-electron chi connectivity index (χ3n) is 5.77. The highest BCUT2D eigenvalue weighted by molar-refractivity contribution is 6.31. The third kappa shape index (κ3) is 4.37. The third-order valence-corrected chi connectivity index (χ3v) is 6.01. The Morgan fingerprint density at radius 3 is 2.39 bits per heavy atom. The number of primary amides is 1. The van der Waals surface area contributed by atoms with Crippen LogP contribution in [0.4, 0.5) is 0 Å². The number of fused-ring (bicyclic) bond motifs is 1. The number of aromatic amines is 1. The van der Waals surface area contributed by atoms with E-state index in [0.29, 0.717) is 32.7 Å². The molecule has 0 radical (unpaired) electrons. The van der Waals surface area contributed by atoms with E-state index in [1.54, 1.807) is 18.2 Å². The van der Waals surface area contributed by atoms with Crippen molar-refractivity contribution in [2.45, 2.75) is 6.04 Å². The number of hydrogen-bond acceptors (Lipinski definition) is 5. The number of rotatable bonds is 6. The highest BCUT2D eigenvalue weighted by atomic mass is 35.5. The highest BCUT2D eigenvalue weighted by Crippen LogP contribution is 2.30. The van der Waals surface area contributed by atoms with Gasteiger partial charge in [0.15, 0.2) is 5.43 Å². The highest BCUT2D eigenvalue weighted by Gasteiger charge is 2.27. The van der Waals surface area contributed by atoms with Gasteiger partial charge in [0.2, 0.25) is 11.8 Å². The first-order chi connectivity index (χ1) is 17.4. The van der Waals surface area contributed by atoms with Gasteiger partial charge in [0.1, 0.15) is 12.0 Å². The minimum Gasteiger partial charge on any atom is -0.443 e. The molecule has 1 atom stereocenters. The van der Waals surface area contributed by atoms with Crippen LogP contribution in [0.5, 0.6) is 0 Å². The van der Waals surface area contributed by atoms with Crippen LogP contribution in [0.1, 0.15) is 37.9 Å². The van der Waals surface area contributed by atoms with E-state index >= 15 is 0 Å². The lowest BCUT2D eigenvalue weighted by Gasteiger charge is -2.22. The Morgan fingerprint density at radius 2 is 1.72 bits per heavy atom. The molecule has 5 rings (SSSR count). The quantitative estimate of drug-likeness (QED) is 0.318. The number of amides is 2. The van der Waals surface area contributed by atoms with Crippen molar-refractivity contribution in [3.63, 3.8) is 0 Å². The van der Waals surface area contributed by atoms with Crippen LogP contribution in [-0.4, -0.2) is 21.8 Å². The zero-order valence-electron chi connectivity index (χ0n) is 18.7. The van der Waals surface area contributed by atoms with E-state index < -0.39 is 17.9 Å². The van der Waals surface area contributed by atoms with Gasteiger partial charge in [-0.05, 0) is 48.0 Å². The molecule has 0 aliphatic heterocycles. The summed E-state index contributed by atoms with van der Waals surface area (Å²) in [6.45, 7) is 0. The Bertz CT molecular complexity index is 1630. The number of hydrogen-bond donors (Lipinski definition) is 3. The second-order valence-corrected chi connectivity index (χ2v) is 8.47. The molecule has 0 aliphatic carbocycles. The van der Waals surface area contributed by atoms with Crippen molar-refractivity contribution in [3.05, 3.63) is 123 Å². The van der Waals surface area contributed by atoms with Gasteiger partial charge in [0.05, 0.1) is 23.3 Å². The van der Waals surface area contributed by atoms with Gasteiger partial charge in [0.25, 0.3) is 5.91 Å². The molecule has 9 heteroatoms. The Kier molecular flexibility index (Phi) is 6.10. The number of nitrogens with zero attached hydrogens (tertiary/aromatic N) is 1. The lowest BCUT2D eigenvalue weighted by Crippen LogP contribution is -2.33. The van der Waals surface area contributed by atoms with Crippen LogP contribution in [0, 0.1) is 0 Å². The van der Waals surface area contributed by atoms with Gasteiger partial charge in [-0.25, -0.2) is 4.98 Å². The van der Waals surface area contributed by atoms with Gasteiger partial charge in [-0.15, -0.1) is 0 Å². The summed E-state index contributed by atoms with van der Waals surface area (Å²) in [6, 6.07) is 19.1. The summed E-state index contributed by atoms with van der Waals surface area (Å²) in [4.78, 5) is 46.0. The van der Waals surface area contributed by atoms with Gasteiger partial charge in [0, 0.05) is 21.5 Å². The summed E-state index contributed by atoms with van der Waals surface area (Å²) in [6.07, 6.45) is 2.87. The van der Waals surface area contributed by atoms with Crippen LogP contribution in [0.2, 0.25) is 5.02 Å². The Balaban J connectivity index is 1.69. The molecule has 0 fully saturated rings. The van der Waals surface area contributed by atoms with Crippen LogP contribution in [0.25, 0.3) is 22.5 Å². The number of H-pyrrole nitrogens is 1. The molecule has 0 aliphatic rings. The number of carbonyl (C=O) groups excluding carboxylic acids is 2. The van der Waals surface area contributed by atoms with Crippen LogP contribution in [-0.2, 0) is 0 Å². The molecule has 8 nitrogen and oxygen atoms in total. The predicted octanol–water partition coefficient (Wildman–Crippen LogP) is 4.45. The van der Waals surface area contributed by atoms with Gasteiger partial charge in [-0.2, -0.15) is 0 Å². The van der Waals surface area contributed by atoms with Crippen molar-refractivity contribution in [1.29, 1.82) is 0 Å². The molecule has 3 aromatic carbocycles. The standard InChI is InChI=1S/C27H19ClN4O4/c28-18-10-11-19-20(14-18)31-23(27-30-12-13-36-27)21(24(19)33)22(15-4-2-1-3-5-15)32-26(35)17-8-6-16(7-9-17)25(29)34/h1-14,22H,(H2,29,34)(H,31,33)(H,32,35). The average Bonchev–Trinajstić information content (AvgIpc) is 3.43. The maximum atomic E-state index is 13.9. The van der Waals surface area contributed by atoms with Crippen LogP contribution in [0.3, 0.4) is 0 Å². The number of pyridine rings is 1. The summed E-state index contributed by atoms with van der Waals surface area (Å²) in [5, 5.41) is 3.81. The average molecular weight is 499 g/mol. The smallest absolute Gasteiger partial charge is 0.252 e. The summed E-state index contributed by atoms with van der Waals surface area (Å²) < 4.78 is 5.53. The lowest BCUT2D eigenvalue weighted by molar-refractivity contribution is 0.0940. The fourth-order valence-corrected chi connectivity index (χ4v) is 4.21. The molecule has 0 saturated carbocycles. The van der Waals surface area contributed by atoms with E-state index in [2.05, 4.69) is 15.3 Å². The Morgan fingerprint density at radius 1 is 1.00 bits per heavy atom. The number of nitrogens with two attached hydrogens (primary N) is 1. The van der Waals surface area contributed by atoms with Crippen LogP contribution in [0.15, 0.2) is 94.5 Å². The fourth-order valence-electron chi connectivity index (χ4n) is 4.04. The number of carbonyl (C=O) groups is 2. The van der Waals surface area contributed by atoms with E-state index in [4.69, 9.17) is 21.8 Å². The largest absolute Gasteiger partial charge is 0.443 e. The fraction of sp³-hybridized carbons (Fsp3) is 0.0370. The first-order valence-electron chi connectivity index (χ1n) is 10.9. The SMILES string of the molecule is NC(=O)c1ccc(C(=O)NC(c2ccccc2)c2c(-c3ncco3)[nH]c3cc(Cl)ccc3c2=O)cc1. The van der Waals surface area contributed by atoms with Gasteiger partial charge in [-0.3, -0.25) is 14.4 Å². The monoisotopic (exact) mass is 498 g/mol. The van der Waals surface area contributed by atoms with E-state index in [-0.39, 0.29) is 22.4 Å². The maximum absolute atomic E-state index is 13.9. The molecular weight excluding hydrogens is 480 g/mol. The summed E-state index contributed by atoms with van der Waals surface area (Å²) >= 11 is 6.17. The molecule has 178 valence electrons. The van der Waals surface area contributed by atoms with Gasteiger partial charge in [-0.1, -0.05) is 41.9 Å². The van der Waals surface area contributed by atoms with Gasteiger partial charge < -0.3 is 20.5 Å². The second kappa shape index (κ2) is 9.52. The van der Waals surface area contributed by atoms with Crippen molar-refractivity contribution < 1.29 is 14.0 Å². The first kappa shape index (κ1) is 23.1. The van der Waals surface area contributed by atoms with Crippen LogP contribution >= 0.6 is 11.6 Å². The molecular formula is C27H19ClN4O4. The Hall–Kier alpha value is -4.69. The molecule has 2 aromatic heterocycles. The molecule has 5 aromatic rings. The van der Waals surface area contributed by atoms with E-state index in [1.165, 1.54) is 36.7 Å². The first-order valence-corrected chi connectivity index (χ1v) is 11.3. The molecule has 4 N–H and O–H groups in total. The molecule has 1 unspecified atom stereocenters. The normalized spacial score (nSPS) is 11.8. The number of benzene rings is 3. The van der Waals surface area contributed by atoms with Gasteiger partial charge >= 0.3 is 0 Å². The number of aromatic nitrogens is 2. The number of nitrogens with one attached hydrogen (secondary N) is 2. The zero-order chi connectivity index (χ0) is 25.2. The topological polar surface area (TPSA) is 131 Å². The maximum Gasteiger partial charge on any atom is 0.252 e. The van der Waals surface area contributed by atoms with Crippen molar-refractivity contribution in [2.75, 3.05) is 0 Å². The van der Waals surface area contributed by atoms with Crippen molar-refractivity contribution in [1.82, 2.24) is 15.3 Å². The van der Waals surface area contributed by atoms with Crippen molar-refractivity contribution >= 4 is 34.3 Å². The van der Waals surface area contributed by atoms with Crippen LogP contribution < -0.4 is 16.5 Å².